The van der Waals surface area contributed by atoms with Crippen molar-refractivity contribution in [2.45, 2.75) is 19.8 Å². The third-order valence-electron chi connectivity index (χ3n) is 2.37. The SMILES string of the molecule is CCCc1cc2cc(C(=O)O)cc(I)c2o1. The van der Waals surface area contributed by atoms with E-state index in [1.807, 2.05) is 6.07 Å². The van der Waals surface area contributed by atoms with Crippen LogP contribution in [0.15, 0.2) is 22.6 Å². The number of furan rings is 1. The van der Waals surface area contributed by atoms with Gasteiger partial charge in [-0.2, -0.15) is 0 Å². The number of fused-ring (bicyclic) bond motifs is 1. The van der Waals surface area contributed by atoms with E-state index in [1.165, 1.54) is 0 Å². The first-order valence-electron chi connectivity index (χ1n) is 5.07. The van der Waals surface area contributed by atoms with Crippen LogP contribution in [0.2, 0.25) is 0 Å². The monoisotopic (exact) mass is 330 g/mol. The number of carboxylic acids is 1. The maximum atomic E-state index is 10.9. The molecule has 1 aromatic carbocycles. The molecule has 2 aromatic rings. The molecule has 0 spiro atoms. The van der Waals surface area contributed by atoms with Crippen LogP contribution >= 0.6 is 22.6 Å². The smallest absolute Gasteiger partial charge is 0.335 e. The third-order valence-corrected chi connectivity index (χ3v) is 3.17. The number of hydrogen-bond acceptors (Lipinski definition) is 2. The number of halogens is 1. The second-order valence-electron chi connectivity index (χ2n) is 3.64. The maximum Gasteiger partial charge on any atom is 0.335 e. The summed E-state index contributed by atoms with van der Waals surface area (Å²) in [7, 11) is 0. The van der Waals surface area contributed by atoms with E-state index in [9.17, 15) is 4.79 Å². The first-order chi connectivity index (χ1) is 7.61. The van der Waals surface area contributed by atoms with Crippen molar-refractivity contribution in [3.05, 3.63) is 33.1 Å². The molecule has 0 aliphatic rings. The van der Waals surface area contributed by atoms with Crippen molar-refractivity contribution in [3.63, 3.8) is 0 Å². The molecule has 16 heavy (non-hydrogen) atoms. The minimum atomic E-state index is -0.905. The average Bonchev–Trinajstić information content (AvgIpc) is 2.61. The van der Waals surface area contributed by atoms with Crippen LogP contribution in [-0.4, -0.2) is 11.1 Å². The van der Waals surface area contributed by atoms with Crippen LogP contribution in [0.25, 0.3) is 11.0 Å². The number of rotatable bonds is 3. The lowest BCUT2D eigenvalue weighted by molar-refractivity contribution is 0.0697. The minimum absolute atomic E-state index is 0.306. The molecule has 0 unspecified atom stereocenters. The molecular formula is C12H11IO3. The van der Waals surface area contributed by atoms with Gasteiger partial charge in [-0.3, -0.25) is 0 Å². The van der Waals surface area contributed by atoms with E-state index in [0.29, 0.717) is 5.56 Å². The highest BCUT2D eigenvalue weighted by atomic mass is 127. The summed E-state index contributed by atoms with van der Waals surface area (Å²) in [5, 5.41) is 9.81. The standard InChI is InChI=1S/C12H11IO3/c1-2-3-9-5-7-4-8(12(14)15)6-10(13)11(7)16-9/h4-6H,2-3H2,1H3,(H,14,15). The zero-order chi connectivity index (χ0) is 11.7. The summed E-state index contributed by atoms with van der Waals surface area (Å²) >= 11 is 2.10. The Kier molecular flexibility index (Phi) is 3.18. The predicted molar refractivity (Wildman–Crippen MR) is 69.9 cm³/mol. The van der Waals surface area contributed by atoms with Crippen LogP contribution in [0.1, 0.15) is 29.5 Å². The Labute approximate surface area is 107 Å². The summed E-state index contributed by atoms with van der Waals surface area (Å²) < 4.78 is 6.52. The summed E-state index contributed by atoms with van der Waals surface area (Å²) in [4.78, 5) is 10.9. The van der Waals surface area contributed by atoms with Gasteiger partial charge in [0.2, 0.25) is 0 Å². The van der Waals surface area contributed by atoms with Gasteiger partial charge >= 0.3 is 5.97 Å². The van der Waals surface area contributed by atoms with E-state index in [4.69, 9.17) is 9.52 Å². The lowest BCUT2D eigenvalue weighted by Gasteiger charge is -1.96. The van der Waals surface area contributed by atoms with E-state index in [-0.39, 0.29) is 0 Å². The summed E-state index contributed by atoms with van der Waals surface area (Å²) in [5.41, 5.74) is 1.09. The molecular weight excluding hydrogens is 319 g/mol. The molecule has 0 radical (unpaired) electrons. The fourth-order valence-electron chi connectivity index (χ4n) is 1.66. The van der Waals surface area contributed by atoms with Crippen molar-refractivity contribution in [3.8, 4) is 0 Å². The Morgan fingerprint density at radius 2 is 2.19 bits per heavy atom. The van der Waals surface area contributed by atoms with Gasteiger partial charge in [0.05, 0.1) is 9.13 Å². The second kappa shape index (κ2) is 4.45. The van der Waals surface area contributed by atoms with Gasteiger partial charge in [0.15, 0.2) is 0 Å². The van der Waals surface area contributed by atoms with Gasteiger partial charge in [0, 0.05) is 11.8 Å². The predicted octanol–water partition coefficient (Wildman–Crippen LogP) is 3.69. The van der Waals surface area contributed by atoms with Crippen molar-refractivity contribution in [1.29, 1.82) is 0 Å². The van der Waals surface area contributed by atoms with Crippen molar-refractivity contribution in [2.75, 3.05) is 0 Å². The van der Waals surface area contributed by atoms with Crippen molar-refractivity contribution >= 4 is 39.5 Å². The normalized spacial score (nSPS) is 10.9. The van der Waals surface area contributed by atoms with Crippen LogP contribution < -0.4 is 0 Å². The first kappa shape index (κ1) is 11.4. The van der Waals surface area contributed by atoms with Gasteiger partial charge < -0.3 is 9.52 Å². The molecule has 0 aliphatic heterocycles. The highest BCUT2D eigenvalue weighted by Gasteiger charge is 2.11. The molecule has 84 valence electrons. The maximum absolute atomic E-state index is 10.9. The summed E-state index contributed by atoms with van der Waals surface area (Å²) in [6.07, 6.45) is 1.90. The molecule has 1 heterocycles. The van der Waals surface area contributed by atoms with Gasteiger partial charge in [-0.05, 0) is 47.2 Å². The van der Waals surface area contributed by atoms with Crippen molar-refractivity contribution in [2.24, 2.45) is 0 Å². The van der Waals surface area contributed by atoms with Crippen molar-refractivity contribution < 1.29 is 14.3 Å². The largest absolute Gasteiger partial charge is 0.478 e. The zero-order valence-corrected chi connectivity index (χ0v) is 10.9. The van der Waals surface area contributed by atoms with Crippen LogP contribution in [0.5, 0.6) is 0 Å². The Morgan fingerprint density at radius 1 is 1.44 bits per heavy atom. The fourth-order valence-corrected chi connectivity index (χ4v) is 2.41. The number of hydrogen-bond donors (Lipinski definition) is 1. The zero-order valence-electron chi connectivity index (χ0n) is 8.79. The summed E-state index contributed by atoms with van der Waals surface area (Å²) in [6.45, 7) is 2.08. The molecule has 4 heteroatoms. The molecule has 1 N–H and O–H groups in total. The van der Waals surface area contributed by atoms with Crippen LogP contribution in [0, 0.1) is 3.57 Å². The fraction of sp³-hybridized carbons (Fsp3) is 0.250. The Balaban J connectivity index is 2.58. The van der Waals surface area contributed by atoms with Gasteiger partial charge in [-0.25, -0.2) is 4.79 Å². The molecule has 0 amide bonds. The van der Waals surface area contributed by atoms with E-state index in [2.05, 4.69) is 29.5 Å². The Bertz CT molecular complexity index is 542. The summed E-state index contributed by atoms with van der Waals surface area (Å²) in [5.74, 6) is 0.0102. The Morgan fingerprint density at radius 3 is 2.81 bits per heavy atom. The molecule has 0 fully saturated rings. The lowest BCUT2D eigenvalue weighted by Crippen LogP contribution is -1.96. The van der Waals surface area contributed by atoms with Gasteiger partial charge in [-0.15, -0.1) is 0 Å². The number of carbonyl (C=O) groups is 1. The Hall–Kier alpha value is -1.04. The quantitative estimate of drug-likeness (QED) is 0.874. The summed E-state index contributed by atoms with van der Waals surface area (Å²) in [6, 6.07) is 5.21. The molecule has 0 saturated carbocycles. The molecule has 2 rings (SSSR count). The molecule has 3 nitrogen and oxygen atoms in total. The number of aryl methyl sites for hydroxylation is 1. The molecule has 1 aromatic heterocycles. The molecule has 0 saturated heterocycles. The molecule has 0 bridgehead atoms. The molecule has 0 aliphatic carbocycles. The van der Waals surface area contributed by atoms with Gasteiger partial charge in [0.1, 0.15) is 11.3 Å². The van der Waals surface area contributed by atoms with Gasteiger partial charge in [-0.1, -0.05) is 6.92 Å². The number of carboxylic acid groups (broad SMARTS) is 1. The lowest BCUT2D eigenvalue weighted by atomic mass is 10.1. The van der Waals surface area contributed by atoms with Gasteiger partial charge in [0.25, 0.3) is 0 Å². The van der Waals surface area contributed by atoms with E-state index in [0.717, 1.165) is 33.1 Å². The highest BCUT2D eigenvalue weighted by Crippen LogP contribution is 2.26. The highest BCUT2D eigenvalue weighted by molar-refractivity contribution is 14.1. The van der Waals surface area contributed by atoms with Crippen LogP contribution in [-0.2, 0) is 6.42 Å². The number of benzene rings is 1. The van der Waals surface area contributed by atoms with E-state index < -0.39 is 5.97 Å². The third kappa shape index (κ3) is 2.07. The van der Waals surface area contributed by atoms with E-state index in [1.54, 1.807) is 12.1 Å². The number of aromatic carboxylic acids is 1. The van der Waals surface area contributed by atoms with Crippen LogP contribution in [0.4, 0.5) is 0 Å². The van der Waals surface area contributed by atoms with E-state index >= 15 is 0 Å². The van der Waals surface area contributed by atoms with Crippen LogP contribution in [0.3, 0.4) is 0 Å². The second-order valence-corrected chi connectivity index (χ2v) is 4.81. The van der Waals surface area contributed by atoms with Crippen molar-refractivity contribution in [1.82, 2.24) is 0 Å². The first-order valence-corrected chi connectivity index (χ1v) is 6.15. The average molecular weight is 330 g/mol. The topological polar surface area (TPSA) is 50.4 Å². The minimum Gasteiger partial charge on any atom is -0.478 e. The molecule has 0 atom stereocenters.